The highest BCUT2D eigenvalue weighted by Crippen LogP contribution is 2.02. The maximum Gasteiger partial charge on any atom is 0.332 e. The lowest BCUT2D eigenvalue weighted by molar-refractivity contribution is -0.147. The van der Waals surface area contributed by atoms with Gasteiger partial charge in [0.1, 0.15) is 0 Å². The zero-order valence-corrected chi connectivity index (χ0v) is 11.7. The van der Waals surface area contributed by atoms with Crippen molar-refractivity contribution < 1.29 is 24.6 Å². The smallest absolute Gasteiger partial charge is 0.332 e. The number of likely N-dealkylation sites (N-methyl/N-ethyl adjacent to an activating group) is 1. The number of carbonyl (C=O) groups excluding carboxylic acids is 2. The summed E-state index contributed by atoms with van der Waals surface area (Å²) in [6.07, 6.45) is -1.59. The highest BCUT2D eigenvalue weighted by atomic mass is 16.4. The third-order valence-corrected chi connectivity index (χ3v) is 2.77. The van der Waals surface area contributed by atoms with Gasteiger partial charge in [0.25, 0.3) is 5.91 Å². The molecule has 3 N–H and O–H groups in total. The first-order valence-electron chi connectivity index (χ1n) is 6.40. The largest absolute Gasteiger partial charge is 0.479 e. The first kappa shape index (κ1) is 16.6. The molecular formula is C14H18N2O5. The molecule has 0 aromatic heterocycles. The molecule has 7 heteroatoms. The molecule has 0 aliphatic carbocycles. The summed E-state index contributed by atoms with van der Waals surface area (Å²) >= 11 is 0. The molecule has 2 amide bonds. The fourth-order valence-electron chi connectivity index (χ4n) is 1.62. The molecule has 0 aliphatic heterocycles. The summed E-state index contributed by atoms with van der Waals surface area (Å²) in [5.74, 6) is -2.03. The van der Waals surface area contributed by atoms with Gasteiger partial charge in [-0.2, -0.15) is 0 Å². The normalized spacial score (nSPS) is 11.5. The molecule has 0 saturated heterocycles. The van der Waals surface area contributed by atoms with E-state index in [-0.39, 0.29) is 25.4 Å². The summed E-state index contributed by atoms with van der Waals surface area (Å²) in [7, 11) is 1.50. The number of nitrogens with zero attached hydrogens (tertiary/aromatic N) is 1. The van der Waals surface area contributed by atoms with E-state index >= 15 is 0 Å². The molecule has 0 aliphatic rings. The van der Waals surface area contributed by atoms with Crippen LogP contribution in [0.5, 0.6) is 0 Å². The SMILES string of the molecule is CN(CC(=O)NCCC(O)C(=O)O)C(=O)c1ccccc1. The lowest BCUT2D eigenvalue weighted by Gasteiger charge is -2.17. The minimum absolute atomic E-state index is 0.0274. The molecule has 114 valence electrons. The van der Waals surface area contributed by atoms with Gasteiger partial charge in [0.15, 0.2) is 6.10 Å². The van der Waals surface area contributed by atoms with E-state index in [1.807, 2.05) is 0 Å². The first-order chi connectivity index (χ1) is 9.91. The minimum atomic E-state index is -1.51. The number of benzene rings is 1. The molecule has 0 saturated carbocycles. The van der Waals surface area contributed by atoms with Crippen molar-refractivity contribution in [1.82, 2.24) is 10.2 Å². The van der Waals surface area contributed by atoms with Crippen LogP contribution in [0.3, 0.4) is 0 Å². The Morgan fingerprint density at radius 2 is 1.86 bits per heavy atom. The summed E-state index contributed by atoms with van der Waals surface area (Å²) in [5.41, 5.74) is 0.481. The van der Waals surface area contributed by atoms with Crippen molar-refractivity contribution in [3.8, 4) is 0 Å². The molecule has 7 nitrogen and oxygen atoms in total. The summed E-state index contributed by atoms with van der Waals surface area (Å²) in [6, 6.07) is 8.56. The molecule has 0 fully saturated rings. The van der Waals surface area contributed by atoms with Crippen LogP contribution in [0.4, 0.5) is 0 Å². The predicted octanol–water partition coefficient (Wildman–Crippen LogP) is -0.290. The molecule has 1 aromatic carbocycles. The van der Waals surface area contributed by atoms with Crippen LogP contribution in [0.2, 0.25) is 0 Å². The van der Waals surface area contributed by atoms with Crippen LogP contribution in [-0.2, 0) is 9.59 Å². The lowest BCUT2D eigenvalue weighted by atomic mass is 10.2. The Labute approximate surface area is 122 Å². The molecule has 21 heavy (non-hydrogen) atoms. The van der Waals surface area contributed by atoms with Gasteiger partial charge in [-0.15, -0.1) is 0 Å². The van der Waals surface area contributed by atoms with Crippen LogP contribution in [0.25, 0.3) is 0 Å². The number of hydrogen-bond acceptors (Lipinski definition) is 4. The second-order valence-electron chi connectivity index (χ2n) is 4.52. The Balaban J connectivity index is 2.37. The van der Waals surface area contributed by atoms with Gasteiger partial charge in [-0.1, -0.05) is 18.2 Å². The third kappa shape index (κ3) is 5.62. The van der Waals surface area contributed by atoms with E-state index in [0.29, 0.717) is 5.56 Å². The topological polar surface area (TPSA) is 107 Å². The zero-order chi connectivity index (χ0) is 15.8. The number of nitrogens with one attached hydrogen (secondary N) is 1. The zero-order valence-electron chi connectivity index (χ0n) is 11.7. The van der Waals surface area contributed by atoms with E-state index in [2.05, 4.69) is 5.32 Å². The maximum absolute atomic E-state index is 12.0. The lowest BCUT2D eigenvalue weighted by Crippen LogP contribution is -2.39. The average molecular weight is 294 g/mol. The van der Waals surface area contributed by atoms with Crippen molar-refractivity contribution in [3.63, 3.8) is 0 Å². The van der Waals surface area contributed by atoms with E-state index in [9.17, 15) is 14.4 Å². The van der Waals surface area contributed by atoms with Crippen molar-refractivity contribution in [3.05, 3.63) is 35.9 Å². The van der Waals surface area contributed by atoms with E-state index < -0.39 is 18.0 Å². The first-order valence-corrected chi connectivity index (χ1v) is 6.40. The number of rotatable bonds is 7. The highest BCUT2D eigenvalue weighted by Gasteiger charge is 2.16. The number of hydrogen-bond donors (Lipinski definition) is 3. The van der Waals surface area contributed by atoms with Crippen molar-refractivity contribution in [2.45, 2.75) is 12.5 Å². The summed E-state index contributed by atoms with van der Waals surface area (Å²) in [4.78, 5) is 35.2. The summed E-state index contributed by atoms with van der Waals surface area (Å²) < 4.78 is 0. The molecule has 0 heterocycles. The van der Waals surface area contributed by atoms with Crippen molar-refractivity contribution in [2.75, 3.05) is 20.1 Å². The molecular weight excluding hydrogens is 276 g/mol. The van der Waals surface area contributed by atoms with Crippen LogP contribution < -0.4 is 5.32 Å². The van der Waals surface area contributed by atoms with E-state index in [1.165, 1.54) is 11.9 Å². The van der Waals surface area contributed by atoms with E-state index in [4.69, 9.17) is 10.2 Å². The number of amides is 2. The average Bonchev–Trinajstić information content (AvgIpc) is 2.46. The molecule has 1 atom stereocenters. The van der Waals surface area contributed by atoms with Crippen LogP contribution in [0.1, 0.15) is 16.8 Å². The standard InChI is InChI=1S/C14H18N2O5/c1-16(13(19)10-5-3-2-4-6-10)9-12(18)15-8-7-11(17)14(20)21/h2-6,11,17H,7-9H2,1H3,(H,15,18)(H,20,21). The van der Waals surface area contributed by atoms with Gasteiger partial charge in [-0.25, -0.2) is 4.79 Å². The molecule has 1 rings (SSSR count). The Hall–Kier alpha value is -2.41. The van der Waals surface area contributed by atoms with Crippen LogP contribution >= 0.6 is 0 Å². The number of carboxylic acids is 1. The minimum Gasteiger partial charge on any atom is -0.479 e. The van der Waals surface area contributed by atoms with E-state index in [0.717, 1.165) is 0 Å². The Morgan fingerprint density at radius 1 is 1.24 bits per heavy atom. The second kappa shape index (κ2) is 8.01. The van der Waals surface area contributed by atoms with Crippen molar-refractivity contribution in [1.29, 1.82) is 0 Å². The fraction of sp³-hybridized carbons (Fsp3) is 0.357. The number of carbonyl (C=O) groups is 3. The number of aliphatic hydroxyl groups excluding tert-OH is 1. The van der Waals surface area contributed by atoms with Gasteiger partial charge in [-0.05, 0) is 12.1 Å². The second-order valence-corrected chi connectivity index (χ2v) is 4.52. The maximum atomic E-state index is 12.0. The molecule has 0 spiro atoms. The number of aliphatic carboxylic acids is 1. The summed E-state index contributed by atoms with van der Waals surface area (Å²) in [6.45, 7) is -0.115. The predicted molar refractivity (Wildman–Crippen MR) is 74.7 cm³/mol. The van der Waals surface area contributed by atoms with Gasteiger partial charge in [-0.3, -0.25) is 9.59 Å². The number of aliphatic hydroxyl groups is 1. The van der Waals surface area contributed by atoms with Gasteiger partial charge in [0.05, 0.1) is 6.54 Å². The van der Waals surface area contributed by atoms with Gasteiger partial charge < -0.3 is 20.4 Å². The van der Waals surface area contributed by atoms with E-state index in [1.54, 1.807) is 30.3 Å². The monoisotopic (exact) mass is 294 g/mol. The van der Waals surface area contributed by atoms with Gasteiger partial charge in [0.2, 0.25) is 5.91 Å². The molecule has 0 bridgehead atoms. The molecule has 1 unspecified atom stereocenters. The number of carboxylic acid groups (broad SMARTS) is 1. The van der Waals surface area contributed by atoms with Gasteiger partial charge in [0, 0.05) is 25.6 Å². The highest BCUT2D eigenvalue weighted by molar-refractivity contribution is 5.96. The van der Waals surface area contributed by atoms with Gasteiger partial charge >= 0.3 is 5.97 Å². The Kier molecular flexibility index (Phi) is 6.35. The fourth-order valence-corrected chi connectivity index (χ4v) is 1.62. The molecule has 1 aromatic rings. The summed E-state index contributed by atoms with van der Waals surface area (Å²) in [5, 5.41) is 20.0. The van der Waals surface area contributed by atoms with Crippen molar-refractivity contribution in [2.24, 2.45) is 0 Å². The van der Waals surface area contributed by atoms with Crippen LogP contribution in [0.15, 0.2) is 30.3 Å². The Bertz CT molecular complexity index is 503. The van der Waals surface area contributed by atoms with Crippen molar-refractivity contribution >= 4 is 17.8 Å². The molecule has 0 radical (unpaired) electrons. The Morgan fingerprint density at radius 3 is 2.43 bits per heavy atom. The quantitative estimate of drug-likeness (QED) is 0.640. The van der Waals surface area contributed by atoms with Crippen LogP contribution in [-0.4, -0.2) is 59.1 Å². The third-order valence-electron chi connectivity index (χ3n) is 2.77. The van der Waals surface area contributed by atoms with Crippen LogP contribution in [0, 0.1) is 0 Å².